The normalized spacial score (nSPS) is 22.5. The molecule has 0 bridgehead atoms. The first-order chi connectivity index (χ1) is 45.6. The van der Waals surface area contributed by atoms with E-state index in [0.29, 0.717) is 38.8 Å². The van der Waals surface area contributed by atoms with E-state index in [1.807, 2.05) is 123 Å². The molecule has 28 heteroatoms. The van der Waals surface area contributed by atoms with Crippen molar-refractivity contribution in [2.75, 3.05) is 46.0 Å². The molecule has 2 aromatic heterocycles. The number of methoxy groups -OCH3 is 2. The number of amides is 4. The number of H-pyrrole nitrogens is 1. The number of urea groups is 1. The summed E-state index contributed by atoms with van der Waals surface area (Å²) in [4.78, 5) is 68.2. The summed E-state index contributed by atoms with van der Waals surface area (Å²) >= 11 is 1.05. The fourth-order valence-electron chi connectivity index (χ4n) is 11.7. The van der Waals surface area contributed by atoms with Crippen LogP contribution in [0.1, 0.15) is 102 Å². The van der Waals surface area contributed by atoms with Gasteiger partial charge in [-0.15, -0.1) is 0 Å². The second kappa shape index (κ2) is 30.6. The molecule has 0 saturated carbocycles. The Hall–Kier alpha value is -7.60. The van der Waals surface area contributed by atoms with Gasteiger partial charge >= 0.3 is 13.6 Å². The average molecular weight is 1360 g/mol. The van der Waals surface area contributed by atoms with Crippen molar-refractivity contribution in [2.24, 2.45) is 0 Å². The SMILES string of the molecule is COc1ccc(C(OC[C@H]2O[C@@H](n3cnc4c(=O)[nH]c(NC(=O)COc5ccc(C(C)C)cc5)nc43)C[C@@H]2P(=O)(OC[C@H]2OC(N3C(=O)NC(=O)[C@](C)(O)[C@@H]3Sc3ccccc3)CC2O)OP(OCCC#N)N(C(C)C)C(C)C)(c2ccccc2)c2ccc(OC)cc2)cc1. The van der Waals surface area contributed by atoms with Crippen LogP contribution < -0.4 is 30.4 Å². The molecule has 4 unspecified atom stereocenters. The second-order valence-corrected chi connectivity index (χ2v) is 29.0. The van der Waals surface area contributed by atoms with Crippen LogP contribution in [0, 0.1) is 11.3 Å². The van der Waals surface area contributed by atoms with Crippen LogP contribution in [-0.4, -0.2) is 151 Å². The van der Waals surface area contributed by atoms with E-state index in [2.05, 4.69) is 45.5 Å². The molecule has 10 atom stereocenters. The third-order valence-corrected chi connectivity index (χ3v) is 23.1. The van der Waals surface area contributed by atoms with E-state index in [0.717, 1.165) is 17.3 Å². The Morgan fingerprint density at radius 2 is 1.44 bits per heavy atom. The van der Waals surface area contributed by atoms with Crippen molar-refractivity contribution in [1.82, 2.24) is 34.4 Å². The van der Waals surface area contributed by atoms with E-state index in [9.17, 15) is 34.7 Å². The first-order valence-electron chi connectivity index (χ1n) is 31.1. The van der Waals surface area contributed by atoms with E-state index in [1.165, 1.54) is 22.7 Å². The Morgan fingerprint density at radius 1 is 0.842 bits per heavy atom. The first-order valence-corrected chi connectivity index (χ1v) is 34.8. The van der Waals surface area contributed by atoms with Gasteiger partial charge in [0.05, 0.1) is 70.7 Å². The molecule has 0 spiro atoms. The molecule has 10 rings (SSSR count). The van der Waals surface area contributed by atoms with Gasteiger partial charge in [0.25, 0.3) is 25.9 Å². The van der Waals surface area contributed by atoms with Gasteiger partial charge in [-0.2, -0.15) is 10.2 Å². The molecule has 25 nitrogen and oxygen atoms in total. The zero-order valence-corrected chi connectivity index (χ0v) is 56.7. The summed E-state index contributed by atoms with van der Waals surface area (Å²) < 4.78 is 79.0. The zero-order valence-electron chi connectivity index (χ0n) is 54.1. The number of nitriles is 1. The highest BCUT2D eigenvalue weighted by Crippen LogP contribution is 2.69. The number of aromatic nitrogens is 4. The molecule has 3 fully saturated rings. The predicted molar refractivity (Wildman–Crippen MR) is 355 cm³/mol. The van der Waals surface area contributed by atoms with Gasteiger partial charge in [-0.1, -0.05) is 111 Å². The lowest BCUT2D eigenvalue weighted by Crippen LogP contribution is -2.69. The number of ether oxygens (including phenoxy) is 6. The number of imidazole rings is 1. The van der Waals surface area contributed by atoms with Gasteiger partial charge < -0.3 is 47.7 Å². The number of thioether (sulfide) groups is 1. The summed E-state index contributed by atoms with van der Waals surface area (Å²) in [6.45, 7) is 11.5. The van der Waals surface area contributed by atoms with Gasteiger partial charge in [-0.3, -0.25) is 44.0 Å². The monoisotopic (exact) mass is 1360 g/mol. The smallest absolute Gasteiger partial charge is 0.342 e. The number of aliphatic hydroxyl groups excluding tert-OH is 1. The number of nitrogens with one attached hydrogen (secondary N) is 3. The van der Waals surface area contributed by atoms with Crippen LogP contribution in [0.3, 0.4) is 0 Å². The Morgan fingerprint density at radius 3 is 2.04 bits per heavy atom. The summed E-state index contributed by atoms with van der Waals surface area (Å²) in [5.41, 5.74) is -2.73. The number of hydrogen-bond acceptors (Lipinski definition) is 21. The highest BCUT2D eigenvalue weighted by molar-refractivity contribution is 8.00. The van der Waals surface area contributed by atoms with E-state index >= 15 is 4.57 Å². The van der Waals surface area contributed by atoms with Crippen molar-refractivity contribution >= 4 is 62.8 Å². The minimum atomic E-state index is -4.91. The number of carbonyl (C=O) groups excluding carboxylic acids is 3. The number of aliphatic hydroxyl groups is 2. The Balaban J connectivity index is 1.06. The maximum absolute atomic E-state index is 17.2. The summed E-state index contributed by atoms with van der Waals surface area (Å²) in [5, 5.41) is 37.2. The third kappa shape index (κ3) is 15.6. The van der Waals surface area contributed by atoms with Gasteiger partial charge in [0.1, 0.15) is 46.8 Å². The van der Waals surface area contributed by atoms with Crippen LogP contribution in [0.5, 0.6) is 17.2 Å². The molecule has 3 aliphatic rings. The van der Waals surface area contributed by atoms with Crippen molar-refractivity contribution < 1.29 is 70.9 Å². The molecule has 4 amide bonds. The summed E-state index contributed by atoms with van der Waals surface area (Å²) in [6, 6.07) is 41.1. The van der Waals surface area contributed by atoms with Crippen molar-refractivity contribution in [3.63, 3.8) is 0 Å². The minimum Gasteiger partial charge on any atom is -0.497 e. The minimum absolute atomic E-state index is 0.0288. The fraction of sp³-hybridized carbons (Fsp3) is 0.418. The number of hydrogen-bond donors (Lipinski definition) is 5. The van der Waals surface area contributed by atoms with Gasteiger partial charge in [-0.05, 0) is 111 Å². The second-order valence-electron chi connectivity index (χ2n) is 24.0. The number of imide groups is 1. The lowest BCUT2D eigenvalue weighted by atomic mass is 9.80. The molecule has 95 heavy (non-hydrogen) atoms. The number of nitrogens with zero attached hydrogens (tertiary/aromatic N) is 6. The lowest BCUT2D eigenvalue weighted by molar-refractivity contribution is -0.149. The predicted octanol–water partition coefficient (Wildman–Crippen LogP) is 10.3. The lowest BCUT2D eigenvalue weighted by Gasteiger charge is -2.45. The molecule has 3 saturated heterocycles. The van der Waals surface area contributed by atoms with Crippen molar-refractivity contribution in [1.29, 1.82) is 5.26 Å². The van der Waals surface area contributed by atoms with Crippen LogP contribution in [0.25, 0.3) is 11.2 Å². The number of aromatic amines is 1. The molecule has 0 radical (unpaired) electrons. The highest BCUT2D eigenvalue weighted by atomic mass is 32.2. The molecular weight excluding hydrogens is 1280 g/mol. The molecule has 5 aromatic carbocycles. The Bertz CT molecular complexity index is 3860. The molecule has 504 valence electrons. The molecular formula is C67H79N9O16P2S. The van der Waals surface area contributed by atoms with E-state index in [1.54, 1.807) is 56.7 Å². The largest absolute Gasteiger partial charge is 0.497 e. The van der Waals surface area contributed by atoms with Crippen LogP contribution in [-0.2, 0) is 47.3 Å². The van der Waals surface area contributed by atoms with Crippen molar-refractivity contribution in [2.45, 2.75) is 144 Å². The molecule has 5 N–H and O–H groups in total. The van der Waals surface area contributed by atoms with Gasteiger partial charge in [-0.25, -0.2) is 18.8 Å². The topological polar surface area (TPSA) is 310 Å². The average Bonchev–Trinajstić information content (AvgIpc) is 1.72. The number of carbonyl (C=O) groups is 3. The third-order valence-electron chi connectivity index (χ3n) is 16.6. The van der Waals surface area contributed by atoms with Gasteiger partial charge in [0.2, 0.25) is 5.95 Å². The Kier molecular flexibility index (Phi) is 22.6. The molecule has 7 aromatic rings. The maximum atomic E-state index is 17.2. The summed E-state index contributed by atoms with van der Waals surface area (Å²) in [5.74, 6) is 0.0968. The Labute approximate surface area is 556 Å². The first kappa shape index (κ1) is 70.2. The highest BCUT2D eigenvalue weighted by Gasteiger charge is 2.57. The van der Waals surface area contributed by atoms with E-state index < -0.39 is 106 Å². The van der Waals surface area contributed by atoms with Crippen LogP contribution in [0.15, 0.2) is 149 Å². The number of anilines is 1. The number of fused-ring (bicyclic) bond motifs is 1. The fourth-order valence-corrected chi connectivity index (χ4v) is 17.7. The van der Waals surface area contributed by atoms with Crippen LogP contribution in [0.4, 0.5) is 10.7 Å². The standard InChI is InChI=1S/C67H79N9O16P2S/c1-41(2)44-21-27-50(28-22-44)86-39-56(78)70-64-71-60-59(61(79)72-64)69-40-74(60)57-36-55(54(91-57)37-87-67(45-17-12-10-13-18-45,46-23-29-48(84-8)30-24-46)47-25-31-49(85-9)32-26-47)94(83,92-93(88-34-16-33-68)76(42(3)4)43(5)6)89-38-53-52(77)35-58(90-53)75-63(95-51-19-14-11-15-20-51)66(7,82)62(80)73-65(75)81/h10-15,17-32,40-43,52-55,57-58,63,77,82H,16,34-39H2,1-9H3,(H,73,80,81)(H2,70,71,72,78,79)/t52?,53-,54-,55+,57-,58?,63+,66+,93?,94?/m1/s1. The van der Waals surface area contributed by atoms with Gasteiger partial charge in [0.15, 0.2) is 23.4 Å². The van der Waals surface area contributed by atoms with Crippen molar-refractivity contribution in [3.8, 4) is 23.3 Å². The molecule has 5 heterocycles. The maximum Gasteiger partial charge on any atom is 0.342 e. The molecule has 0 aliphatic carbocycles. The quantitative estimate of drug-likeness (QED) is 0.0165. The number of rotatable bonds is 29. The van der Waals surface area contributed by atoms with Gasteiger partial charge in [0, 0.05) is 29.8 Å². The van der Waals surface area contributed by atoms with E-state index in [-0.39, 0.29) is 67.6 Å². The summed E-state index contributed by atoms with van der Waals surface area (Å²) in [6.07, 6.45) is -5.63. The van der Waals surface area contributed by atoms with Crippen molar-refractivity contribution in [3.05, 3.63) is 172 Å². The number of benzene rings is 5. The molecule has 3 aliphatic heterocycles. The van der Waals surface area contributed by atoms with Crippen LogP contribution in [0.2, 0.25) is 0 Å². The van der Waals surface area contributed by atoms with Crippen LogP contribution >= 0.6 is 27.9 Å². The van der Waals surface area contributed by atoms with E-state index in [4.69, 9.17) is 41.8 Å². The zero-order chi connectivity index (χ0) is 67.8. The summed E-state index contributed by atoms with van der Waals surface area (Å²) in [7, 11) is -4.19.